The van der Waals surface area contributed by atoms with Crippen LogP contribution < -0.4 is 5.32 Å². The van der Waals surface area contributed by atoms with Crippen LogP contribution in [-0.4, -0.2) is 15.8 Å². The van der Waals surface area contributed by atoms with Gasteiger partial charge in [0.2, 0.25) is 0 Å². The molecule has 1 aromatic heterocycles. The highest BCUT2D eigenvalue weighted by Gasteiger charge is 2.34. The van der Waals surface area contributed by atoms with Gasteiger partial charge in [-0.3, -0.25) is 4.68 Å². The summed E-state index contributed by atoms with van der Waals surface area (Å²) in [6.45, 7) is 0. The molecule has 3 heterocycles. The summed E-state index contributed by atoms with van der Waals surface area (Å²) in [4.78, 5) is 0. The second kappa shape index (κ2) is 4.63. The quantitative estimate of drug-likeness (QED) is 0.874. The van der Waals surface area contributed by atoms with Crippen LogP contribution in [0.3, 0.4) is 0 Å². The van der Waals surface area contributed by atoms with Crippen LogP contribution in [0.2, 0.25) is 0 Å². The van der Waals surface area contributed by atoms with Crippen molar-refractivity contribution in [2.75, 3.05) is 0 Å². The van der Waals surface area contributed by atoms with E-state index in [4.69, 9.17) is 0 Å². The maximum atomic E-state index is 13.5. The Hall–Kier alpha value is -1.75. The first-order valence-electron chi connectivity index (χ1n) is 7.40. The summed E-state index contributed by atoms with van der Waals surface area (Å²) in [5.41, 5.74) is 3.62. The zero-order valence-electron chi connectivity index (χ0n) is 11.9. The number of piperidine rings is 1. The van der Waals surface area contributed by atoms with Crippen molar-refractivity contribution >= 4 is 0 Å². The van der Waals surface area contributed by atoms with E-state index in [0.29, 0.717) is 11.6 Å². The van der Waals surface area contributed by atoms with E-state index in [1.54, 1.807) is 4.68 Å². The highest BCUT2D eigenvalue weighted by molar-refractivity contribution is 5.66. The molecular weight excluding hydrogens is 272 g/mol. The second-order valence-electron chi connectivity index (χ2n) is 6.05. The summed E-state index contributed by atoms with van der Waals surface area (Å²) in [6.07, 6.45) is 4.33. The summed E-state index contributed by atoms with van der Waals surface area (Å²) < 4.78 is 28.8. The molecule has 5 heteroatoms. The minimum atomic E-state index is -0.547. The van der Waals surface area contributed by atoms with E-state index in [0.717, 1.165) is 42.3 Å². The van der Waals surface area contributed by atoms with E-state index < -0.39 is 11.6 Å². The van der Waals surface area contributed by atoms with Crippen LogP contribution in [0.5, 0.6) is 0 Å². The third-order valence-corrected chi connectivity index (χ3v) is 4.58. The number of hydrogen-bond donors (Lipinski definition) is 1. The Labute approximate surface area is 122 Å². The molecule has 2 atom stereocenters. The van der Waals surface area contributed by atoms with Crippen LogP contribution >= 0.6 is 0 Å². The molecule has 4 rings (SSSR count). The van der Waals surface area contributed by atoms with Crippen LogP contribution in [0.15, 0.2) is 18.2 Å². The van der Waals surface area contributed by atoms with Gasteiger partial charge in [0.25, 0.3) is 0 Å². The smallest absolute Gasteiger partial charge is 0.126 e. The molecule has 0 spiro atoms. The zero-order valence-corrected chi connectivity index (χ0v) is 11.9. The van der Waals surface area contributed by atoms with Crippen molar-refractivity contribution in [2.45, 2.75) is 37.8 Å². The fourth-order valence-corrected chi connectivity index (χ4v) is 3.76. The van der Waals surface area contributed by atoms with Crippen LogP contribution in [0.4, 0.5) is 8.78 Å². The summed E-state index contributed by atoms with van der Waals surface area (Å²) in [5, 5.41) is 8.22. The van der Waals surface area contributed by atoms with E-state index in [2.05, 4.69) is 10.4 Å². The Morgan fingerprint density at radius 1 is 1.19 bits per heavy atom. The SMILES string of the molecule is Cn1nc2c(c1-c1cc(F)cc(F)c1)C[C@H]1CCC[C@@H]2N1. The van der Waals surface area contributed by atoms with Gasteiger partial charge in [0.15, 0.2) is 0 Å². The van der Waals surface area contributed by atoms with Crippen molar-refractivity contribution in [2.24, 2.45) is 7.05 Å². The number of halogens is 2. The molecule has 110 valence electrons. The first-order chi connectivity index (χ1) is 10.1. The molecule has 0 unspecified atom stereocenters. The number of aromatic nitrogens is 2. The monoisotopic (exact) mass is 289 g/mol. The van der Waals surface area contributed by atoms with Gasteiger partial charge in [-0.1, -0.05) is 0 Å². The van der Waals surface area contributed by atoms with Crippen LogP contribution in [0.1, 0.15) is 36.6 Å². The third kappa shape index (κ3) is 2.07. The zero-order chi connectivity index (χ0) is 14.6. The van der Waals surface area contributed by atoms with Gasteiger partial charge < -0.3 is 5.32 Å². The number of aryl methyl sites for hydroxylation is 1. The highest BCUT2D eigenvalue weighted by atomic mass is 19.1. The lowest BCUT2D eigenvalue weighted by Crippen LogP contribution is -2.42. The molecule has 1 saturated heterocycles. The normalized spacial score (nSPS) is 24.0. The van der Waals surface area contributed by atoms with Gasteiger partial charge in [-0.15, -0.1) is 0 Å². The largest absolute Gasteiger partial charge is 0.305 e. The van der Waals surface area contributed by atoms with E-state index in [-0.39, 0.29) is 6.04 Å². The van der Waals surface area contributed by atoms with Crippen molar-refractivity contribution in [3.8, 4) is 11.3 Å². The summed E-state index contributed by atoms with van der Waals surface area (Å²) in [5.74, 6) is -1.09. The number of nitrogens with zero attached hydrogens (tertiary/aromatic N) is 2. The molecule has 2 aliphatic heterocycles. The van der Waals surface area contributed by atoms with E-state index in [9.17, 15) is 8.78 Å². The average Bonchev–Trinajstić information content (AvgIpc) is 2.74. The number of rotatable bonds is 1. The van der Waals surface area contributed by atoms with E-state index >= 15 is 0 Å². The average molecular weight is 289 g/mol. The maximum Gasteiger partial charge on any atom is 0.126 e. The molecule has 1 fully saturated rings. The molecule has 0 radical (unpaired) electrons. The van der Waals surface area contributed by atoms with Crippen molar-refractivity contribution in [3.63, 3.8) is 0 Å². The lowest BCUT2D eigenvalue weighted by atomic mass is 9.84. The van der Waals surface area contributed by atoms with Crippen molar-refractivity contribution in [3.05, 3.63) is 41.1 Å². The molecule has 2 aromatic rings. The fourth-order valence-electron chi connectivity index (χ4n) is 3.76. The molecule has 21 heavy (non-hydrogen) atoms. The lowest BCUT2D eigenvalue weighted by Gasteiger charge is -2.35. The van der Waals surface area contributed by atoms with E-state index in [1.807, 2.05) is 7.05 Å². The number of fused-ring (bicyclic) bond motifs is 4. The van der Waals surface area contributed by atoms with Gasteiger partial charge >= 0.3 is 0 Å². The van der Waals surface area contributed by atoms with Gasteiger partial charge in [0.05, 0.1) is 17.4 Å². The predicted octanol–water partition coefficient (Wildman–Crippen LogP) is 3.10. The Balaban J connectivity index is 1.88. The Kier molecular flexibility index (Phi) is 2.85. The topological polar surface area (TPSA) is 29.9 Å². The summed E-state index contributed by atoms with van der Waals surface area (Å²) in [7, 11) is 1.85. The standard InChI is InChI=1S/C16H17F2N3/c1-21-16(9-5-10(17)7-11(18)6-9)13-8-12-3-2-4-14(19-12)15(13)20-21/h5-7,12,14,19H,2-4,8H2,1H3/t12-,14+/m1/s1. The lowest BCUT2D eigenvalue weighted by molar-refractivity contribution is 0.297. The van der Waals surface area contributed by atoms with Crippen LogP contribution in [0, 0.1) is 11.6 Å². The minimum Gasteiger partial charge on any atom is -0.305 e. The van der Waals surface area contributed by atoms with Gasteiger partial charge in [-0.05, 0) is 37.8 Å². The van der Waals surface area contributed by atoms with Gasteiger partial charge in [-0.2, -0.15) is 5.10 Å². The maximum absolute atomic E-state index is 13.5. The van der Waals surface area contributed by atoms with Crippen molar-refractivity contribution in [1.29, 1.82) is 0 Å². The van der Waals surface area contributed by atoms with Crippen molar-refractivity contribution in [1.82, 2.24) is 15.1 Å². The van der Waals surface area contributed by atoms with Gasteiger partial charge in [0, 0.05) is 30.3 Å². The molecule has 0 saturated carbocycles. The summed E-state index contributed by atoms with van der Waals surface area (Å²) in [6, 6.07) is 4.42. The first-order valence-corrected chi connectivity index (χ1v) is 7.40. The van der Waals surface area contributed by atoms with E-state index in [1.165, 1.54) is 18.6 Å². The Morgan fingerprint density at radius 3 is 2.71 bits per heavy atom. The Morgan fingerprint density at radius 2 is 1.95 bits per heavy atom. The third-order valence-electron chi connectivity index (χ3n) is 4.58. The fraction of sp³-hybridized carbons (Fsp3) is 0.438. The van der Waals surface area contributed by atoms with Crippen LogP contribution in [0.25, 0.3) is 11.3 Å². The molecule has 2 bridgehead atoms. The molecule has 2 aliphatic rings. The second-order valence-corrected chi connectivity index (χ2v) is 6.05. The predicted molar refractivity (Wildman–Crippen MR) is 75.8 cm³/mol. The number of hydrogen-bond acceptors (Lipinski definition) is 2. The minimum absolute atomic E-state index is 0.283. The summed E-state index contributed by atoms with van der Waals surface area (Å²) >= 11 is 0. The molecule has 0 amide bonds. The van der Waals surface area contributed by atoms with Gasteiger partial charge in [0.1, 0.15) is 11.6 Å². The van der Waals surface area contributed by atoms with Crippen molar-refractivity contribution < 1.29 is 8.78 Å². The Bertz CT molecular complexity index is 688. The van der Waals surface area contributed by atoms with Gasteiger partial charge in [-0.25, -0.2) is 8.78 Å². The van der Waals surface area contributed by atoms with Crippen LogP contribution in [-0.2, 0) is 13.5 Å². The molecular formula is C16H17F2N3. The molecule has 0 aliphatic carbocycles. The molecule has 1 aromatic carbocycles. The number of benzene rings is 1. The first kappa shape index (κ1) is 13.0. The molecule has 3 nitrogen and oxygen atoms in total. The number of nitrogens with one attached hydrogen (secondary N) is 1. The molecule has 1 N–H and O–H groups in total. The highest BCUT2D eigenvalue weighted by Crippen LogP contribution is 2.38.